The van der Waals surface area contributed by atoms with E-state index < -0.39 is 12.1 Å². The Balaban J connectivity index is 3.55. The molecule has 0 radical (unpaired) electrons. The number of ether oxygens (including phenoxy) is 1. The molecule has 1 amide bonds. The predicted molar refractivity (Wildman–Crippen MR) is 292 cm³/mol. The Morgan fingerprint density at radius 1 is 0.418 bits per heavy atom. The molecular formula is C61H113NO5. The summed E-state index contributed by atoms with van der Waals surface area (Å²) in [5.74, 6) is -0.156. The van der Waals surface area contributed by atoms with Gasteiger partial charge in [0.05, 0.1) is 25.4 Å². The molecule has 6 heteroatoms. The number of nitrogens with one attached hydrogen (secondary N) is 1. The average molecular weight is 941 g/mol. The van der Waals surface area contributed by atoms with Crippen LogP contribution in [0.2, 0.25) is 0 Å². The molecule has 0 aromatic heterocycles. The second-order valence-corrected chi connectivity index (χ2v) is 20.0. The first-order chi connectivity index (χ1) is 33.0. The van der Waals surface area contributed by atoms with Crippen molar-refractivity contribution in [2.75, 3.05) is 13.2 Å². The Morgan fingerprint density at radius 2 is 0.746 bits per heavy atom. The summed E-state index contributed by atoms with van der Waals surface area (Å²) < 4.78 is 5.43. The lowest BCUT2D eigenvalue weighted by atomic mass is 10.0. The standard InChI is InChI=1S/C61H113NO5/c1-3-5-7-9-11-13-15-17-19-20-21-22-23-24-25-26-27-28-30-31-33-37-41-45-49-53-59(64)58(57-63)62-60(65)54-50-46-42-38-35-36-40-44-48-52-56-67-61(66)55-51-47-43-39-34-32-29-18-16-14-12-10-8-6-4-2/h12,14,18,29,36,40,49,53,58-59,63-64H,3-11,13,15-17,19-28,30-35,37-39,41-48,50-52,54-57H2,1-2H3,(H,62,65)/b14-12-,29-18-,40-36-,53-49+. The van der Waals surface area contributed by atoms with Crippen molar-refractivity contribution >= 4 is 11.9 Å². The number of allylic oxidation sites excluding steroid dienone is 7. The maximum absolute atomic E-state index is 12.5. The fourth-order valence-corrected chi connectivity index (χ4v) is 8.78. The van der Waals surface area contributed by atoms with E-state index in [0.717, 1.165) is 89.9 Å². The molecule has 3 N–H and O–H groups in total. The minimum atomic E-state index is -0.869. The van der Waals surface area contributed by atoms with Crippen LogP contribution in [0.4, 0.5) is 0 Å². The van der Waals surface area contributed by atoms with Gasteiger partial charge in [0.2, 0.25) is 5.91 Å². The minimum Gasteiger partial charge on any atom is -0.466 e. The van der Waals surface area contributed by atoms with Crippen molar-refractivity contribution in [2.24, 2.45) is 0 Å². The summed E-state index contributed by atoms with van der Waals surface area (Å²) in [7, 11) is 0. The van der Waals surface area contributed by atoms with Crippen LogP contribution in [0.25, 0.3) is 0 Å². The number of unbranched alkanes of at least 4 members (excludes halogenated alkanes) is 37. The molecule has 0 saturated carbocycles. The molecule has 0 heterocycles. The van der Waals surface area contributed by atoms with Crippen LogP contribution in [0, 0.1) is 0 Å². The van der Waals surface area contributed by atoms with Crippen LogP contribution >= 0.6 is 0 Å². The van der Waals surface area contributed by atoms with E-state index in [9.17, 15) is 19.8 Å². The monoisotopic (exact) mass is 940 g/mol. The second-order valence-electron chi connectivity index (χ2n) is 20.0. The number of carbonyl (C=O) groups excluding carboxylic acids is 2. The summed E-state index contributed by atoms with van der Waals surface area (Å²) >= 11 is 0. The minimum absolute atomic E-state index is 0.0523. The Hall–Kier alpha value is -2.18. The van der Waals surface area contributed by atoms with Crippen molar-refractivity contribution in [1.82, 2.24) is 5.32 Å². The first-order valence-electron chi connectivity index (χ1n) is 29.4. The fourth-order valence-electron chi connectivity index (χ4n) is 8.78. The highest BCUT2D eigenvalue weighted by Crippen LogP contribution is 2.17. The van der Waals surface area contributed by atoms with E-state index in [1.165, 1.54) is 186 Å². The van der Waals surface area contributed by atoms with Crippen molar-refractivity contribution in [3.05, 3.63) is 48.6 Å². The number of carbonyl (C=O) groups is 2. The summed E-state index contributed by atoms with van der Waals surface area (Å²) in [4.78, 5) is 24.5. The average Bonchev–Trinajstić information content (AvgIpc) is 3.33. The van der Waals surface area contributed by atoms with Crippen LogP contribution in [0.15, 0.2) is 48.6 Å². The maximum atomic E-state index is 12.5. The number of rotatable bonds is 54. The second kappa shape index (κ2) is 56.4. The molecule has 0 aliphatic rings. The number of amides is 1. The Labute approximate surface area is 416 Å². The van der Waals surface area contributed by atoms with Gasteiger partial charge in [-0.05, 0) is 89.9 Å². The lowest BCUT2D eigenvalue weighted by Crippen LogP contribution is -2.45. The van der Waals surface area contributed by atoms with Gasteiger partial charge in [0.25, 0.3) is 0 Å². The van der Waals surface area contributed by atoms with Gasteiger partial charge in [-0.1, -0.05) is 249 Å². The SMILES string of the molecule is CCCCC/C=C\C/C=C\CCCCCCCC(=O)OCCCC/C=C\CCCCCCC(=O)NC(CO)C(O)/C=C/CCCCCCCCCCCCCCCCCCCCCCCCC. The van der Waals surface area contributed by atoms with E-state index in [1.807, 2.05) is 6.08 Å². The van der Waals surface area contributed by atoms with Gasteiger partial charge in [0.1, 0.15) is 0 Å². The molecule has 0 aliphatic heterocycles. The van der Waals surface area contributed by atoms with E-state index in [-0.39, 0.29) is 18.5 Å². The van der Waals surface area contributed by atoms with Gasteiger partial charge >= 0.3 is 5.97 Å². The zero-order valence-electron chi connectivity index (χ0n) is 44.6. The van der Waals surface area contributed by atoms with E-state index in [1.54, 1.807) is 6.08 Å². The quantitative estimate of drug-likeness (QED) is 0.0321. The smallest absolute Gasteiger partial charge is 0.305 e. The summed E-state index contributed by atoms with van der Waals surface area (Å²) in [6.07, 6.45) is 71.4. The van der Waals surface area contributed by atoms with E-state index in [0.29, 0.717) is 19.4 Å². The largest absolute Gasteiger partial charge is 0.466 e. The zero-order chi connectivity index (χ0) is 48.6. The summed E-state index contributed by atoms with van der Waals surface area (Å²) in [6, 6.07) is -0.657. The molecule has 0 fully saturated rings. The van der Waals surface area contributed by atoms with Gasteiger partial charge in [0, 0.05) is 12.8 Å². The normalized spacial score (nSPS) is 13.0. The Bertz CT molecular complexity index is 1130. The van der Waals surface area contributed by atoms with E-state index in [2.05, 4.69) is 55.6 Å². The van der Waals surface area contributed by atoms with E-state index in [4.69, 9.17) is 4.74 Å². The maximum Gasteiger partial charge on any atom is 0.305 e. The van der Waals surface area contributed by atoms with E-state index >= 15 is 0 Å². The fraction of sp³-hybridized carbons (Fsp3) is 0.836. The number of esters is 1. The molecule has 0 bridgehead atoms. The van der Waals surface area contributed by atoms with Crippen molar-refractivity contribution in [2.45, 2.75) is 315 Å². The number of hydrogen-bond donors (Lipinski definition) is 3. The predicted octanol–water partition coefficient (Wildman–Crippen LogP) is 18.2. The highest BCUT2D eigenvalue weighted by molar-refractivity contribution is 5.76. The van der Waals surface area contributed by atoms with Gasteiger partial charge in [-0.3, -0.25) is 9.59 Å². The number of aliphatic hydroxyl groups excluding tert-OH is 2. The summed E-state index contributed by atoms with van der Waals surface area (Å²) in [5.41, 5.74) is 0. The van der Waals surface area contributed by atoms with Crippen LogP contribution in [-0.2, 0) is 14.3 Å². The van der Waals surface area contributed by atoms with Crippen molar-refractivity contribution in [3.8, 4) is 0 Å². The van der Waals surface area contributed by atoms with Crippen LogP contribution in [-0.4, -0.2) is 47.4 Å². The third-order valence-electron chi connectivity index (χ3n) is 13.3. The van der Waals surface area contributed by atoms with Crippen LogP contribution in [0.1, 0.15) is 303 Å². The summed E-state index contributed by atoms with van der Waals surface area (Å²) in [5, 5.41) is 23.2. The molecule has 2 atom stereocenters. The van der Waals surface area contributed by atoms with Crippen molar-refractivity contribution < 1.29 is 24.5 Å². The molecule has 0 aromatic rings. The first-order valence-corrected chi connectivity index (χ1v) is 29.4. The lowest BCUT2D eigenvalue weighted by molar-refractivity contribution is -0.143. The molecule has 0 rings (SSSR count). The molecule has 67 heavy (non-hydrogen) atoms. The third kappa shape index (κ3) is 53.0. The van der Waals surface area contributed by atoms with Crippen LogP contribution in [0.3, 0.4) is 0 Å². The first kappa shape index (κ1) is 64.8. The molecule has 0 saturated heterocycles. The lowest BCUT2D eigenvalue weighted by Gasteiger charge is -2.20. The van der Waals surface area contributed by atoms with Crippen LogP contribution < -0.4 is 5.32 Å². The number of hydrogen-bond acceptors (Lipinski definition) is 5. The topological polar surface area (TPSA) is 95.9 Å². The van der Waals surface area contributed by atoms with Crippen molar-refractivity contribution in [1.29, 1.82) is 0 Å². The molecule has 0 aliphatic carbocycles. The Morgan fingerprint density at radius 3 is 1.18 bits per heavy atom. The highest BCUT2D eigenvalue weighted by atomic mass is 16.5. The van der Waals surface area contributed by atoms with Gasteiger partial charge in [-0.2, -0.15) is 0 Å². The molecule has 2 unspecified atom stereocenters. The Kier molecular flexibility index (Phi) is 54.6. The van der Waals surface area contributed by atoms with Gasteiger partial charge in [-0.15, -0.1) is 0 Å². The van der Waals surface area contributed by atoms with Gasteiger partial charge < -0.3 is 20.3 Å². The van der Waals surface area contributed by atoms with Crippen molar-refractivity contribution in [3.63, 3.8) is 0 Å². The molecule has 0 aromatic carbocycles. The molecule has 392 valence electrons. The van der Waals surface area contributed by atoms with Crippen LogP contribution in [0.5, 0.6) is 0 Å². The third-order valence-corrected chi connectivity index (χ3v) is 13.3. The highest BCUT2D eigenvalue weighted by Gasteiger charge is 2.18. The molecular weight excluding hydrogens is 827 g/mol. The molecule has 6 nitrogen and oxygen atoms in total. The van der Waals surface area contributed by atoms with Gasteiger partial charge in [0.15, 0.2) is 0 Å². The number of aliphatic hydroxyl groups is 2. The van der Waals surface area contributed by atoms with Gasteiger partial charge in [-0.25, -0.2) is 0 Å². The summed E-state index contributed by atoms with van der Waals surface area (Å²) in [6.45, 7) is 4.79. The molecule has 0 spiro atoms. The zero-order valence-corrected chi connectivity index (χ0v) is 44.6.